The molecule has 7 nitrogen and oxygen atoms in total. The van der Waals surface area contributed by atoms with E-state index in [4.69, 9.17) is 15.9 Å². The van der Waals surface area contributed by atoms with Crippen LogP contribution < -0.4 is 5.73 Å². The summed E-state index contributed by atoms with van der Waals surface area (Å²) in [6.45, 7) is 0. The molecule has 0 aliphatic heterocycles. The molecule has 1 heterocycles. The largest absolute Gasteiger partial charge is 0.481 e. The average molecular weight is 227 g/mol. The van der Waals surface area contributed by atoms with Gasteiger partial charge in [-0.15, -0.1) is 0 Å². The highest BCUT2D eigenvalue weighted by molar-refractivity contribution is 5.74. The van der Waals surface area contributed by atoms with Crippen molar-refractivity contribution in [2.45, 2.75) is 18.9 Å². The fraction of sp³-hybridized carbons (Fsp3) is 0.333. The summed E-state index contributed by atoms with van der Waals surface area (Å²) in [4.78, 5) is 27.2. The van der Waals surface area contributed by atoms with Crippen molar-refractivity contribution in [2.75, 3.05) is 0 Å². The molecular weight excluding hydrogens is 214 g/mol. The van der Waals surface area contributed by atoms with Gasteiger partial charge in [0.15, 0.2) is 0 Å². The number of aliphatic carboxylic acids is 2. The summed E-state index contributed by atoms with van der Waals surface area (Å²) in [6, 6.07) is 0.719. The average Bonchev–Trinajstić information content (AvgIpc) is 2.28. The second kappa shape index (κ2) is 8.30. The monoisotopic (exact) mass is 227 g/mol. The lowest BCUT2D eigenvalue weighted by Crippen LogP contribution is -2.30. The molecule has 0 fully saturated rings. The van der Waals surface area contributed by atoms with Crippen LogP contribution in [0.2, 0.25) is 0 Å². The summed E-state index contributed by atoms with van der Waals surface area (Å²) in [5, 5.41) is 16.3. The van der Waals surface area contributed by atoms with Crippen LogP contribution in [0.15, 0.2) is 24.8 Å². The minimum Gasteiger partial charge on any atom is -0.481 e. The predicted octanol–water partition coefficient (Wildman–Crippen LogP) is -0.260. The fourth-order valence-electron chi connectivity index (χ4n) is 0.656. The zero-order chi connectivity index (χ0) is 12.4. The Bertz CT molecular complexity index is 291. The Morgan fingerprint density at radius 1 is 1.25 bits per heavy atom. The van der Waals surface area contributed by atoms with Crippen LogP contribution in [0.4, 0.5) is 0 Å². The molecule has 1 aromatic heterocycles. The van der Waals surface area contributed by atoms with E-state index in [0.717, 1.165) is 0 Å². The second-order valence-corrected chi connectivity index (χ2v) is 2.78. The first-order valence-corrected chi connectivity index (χ1v) is 4.44. The van der Waals surface area contributed by atoms with Gasteiger partial charge in [0.05, 0.1) is 0 Å². The van der Waals surface area contributed by atoms with E-state index in [9.17, 15) is 9.59 Å². The summed E-state index contributed by atoms with van der Waals surface area (Å²) >= 11 is 0. The Morgan fingerprint density at radius 3 is 2.06 bits per heavy atom. The van der Waals surface area contributed by atoms with E-state index in [0.29, 0.717) is 0 Å². The SMILES string of the molecule is NC(CCC(=O)O)C(=O)O.c1cncnc1. The van der Waals surface area contributed by atoms with Crippen LogP contribution in [0.1, 0.15) is 12.8 Å². The van der Waals surface area contributed by atoms with Crippen molar-refractivity contribution in [1.29, 1.82) is 0 Å². The molecule has 7 heteroatoms. The highest BCUT2D eigenvalue weighted by atomic mass is 16.4. The molecule has 88 valence electrons. The lowest BCUT2D eigenvalue weighted by Gasteiger charge is -2.01. The first kappa shape index (κ1) is 14.0. The van der Waals surface area contributed by atoms with Gasteiger partial charge in [-0.3, -0.25) is 9.59 Å². The molecule has 16 heavy (non-hydrogen) atoms. The van der Waals surface area contributed by atoms with Crippen molar-refractivity contribution in [2.24, 2.45) is 5.73 Å². The van der Waals surface area contributed by atoms with E-state index < -0.39 is 18.0 Å². The zero-order valence-corrected chi connectivity index (χ0v) is 8.48. The Balaban J connectivity index is 0.000000315. The molecule has 0 amide bonds. The van der Waals surface area contributed by atoms with Crippen LogP contribution in [0.5, 0.6) is 0 Å². The van der Waals surface area contributed by atoms with Gasteiger partial charge in [-0.1, -0.05) is 0 Å². The summed E-state index contributed by atoms with van der Waals surface area (Å²) in [7, 11) is 0. The second-order valence-electron chi connectivity index (χ2n) is 2.78. The van der Waals surface area contributed by atoms with Gasteiger partial charge >= 0.3 is 11.9 Å². The van der Waals surface area contributed by atoms with Gasteiger partial charge in [0, 0.05) is 18.8 Å². The molecular formula is C9H13N3O4. The Labute approximate surface area is 92.0 Å². The number of nitrogens with two attached hydrogens (primary N) is 1. The molecule has 1 rings (SSSR count). The molecule has 0 aliphatic rings. The molecule has 0 radical (unpaired) electrons. The maximum atomic E-state index is 9.99. The number of hydrogen-bond donors (Lipinski definition) is 3. The van der Waals surface area contributed by atoms with E-state index in [1.807, 2.05) is 0 Å². The fourth-order valence-corrected chi connectivity index (χ4v) is 0.656. The summed E-state index contributed by atoms with van der Waals surface area (Å²) in [5.41, 5.74) is 5.00. The van der Waals surface area contributed by atoms with Gasteiger partial charge in [0.1, 0.15) is 12.4 Å². The minimum absolute atomic E-state index is 0.0231. The van der Waals surface area contributed by atoms with E-state index in [-0.39, 0.29) is 12.8 Å². The lowest BCUT2D eigenvalue weighted by atomic mass is 10.2. The first-order valence-electron chi connectivity index (χ1n) is 4.44. The smallest absolute Gasteiger partial charge is 0.320 e. The van der Waals surface area contributed by atoms with Crippen LogP contribution in [-0.2, 0) is 9.59 Å². The van der Waals surface area contributed by atoms with Gasteiger partial charge in [0.25, 0.3) is 0 Å². The van der Waals surface area contributed by atoms with E-state index in [2.05, 4.69) is 9.97 Å². The standard InChI is InChI=1S/C5H9NO4.C4H4N2/c6-3(5(9)10)1-2-4(7)8;1-2-5-4-6-3-1/h3H,1-2,6H2,(H,7,8)(H,9,10);1-4H. The molecule has 0 spiro atoms. The number of hydrogen-bond acceptors (Lipinski definition) is 5. The van der Waals surface area contributed by atoms with Crippen molar-refractivity contribution in [3.63, 3.8) is 0 Å². The third kappa shape index (κ3) is 8.57. The molecule has 0 saturated heterocycles. The number of rotatable bonds is 4. The van der Waals surface area contributed by atoms with Crippen LogP contribution in [0, 0.1) is 0 Å². The summed E-state index contributed by atoms with van der Waals surface area (Å²) < 4.78 is 0. The number of nitrogens with zero attached hydrogens (tertiary/aromatic N) is 2. The first-order chi connectivity index (χ1) is 7.54. The topological polar surface area (TPSA) is 126 Å². The lowest BCUT2D eigenvalue weighted by molar-refractivity contribution is -0.139. The predicted molar refractivity (Wildman–Crippen MR) is 54.5 cm³/mol. The van der Waals surface area contributed by atoms with Gasteiger partial charge in [-0.2, -0.15) is 0 Å². The van der Waals surface area contributed by atoms with E-state index >= 15 is 0 Å². The minimum atomic E-state index is -1.17. The number of carbonyl (C=O) groups is 2. The Hall–Kier alpha value is -2.02. The number of carboxylic acid groups (broad SMARTS) is 2. The number of carboxylic acids is 2. The molecule has 1 unspecified atom stereocenters. The van der Waals surface area contributed by atoms with E-state index in [1.165, 1.54) is 6.33 Å². The molecule has 0 aliphatic carbocycles. The van der Waals surface area contributed by atoms with Crippen molar-refractivity contribution in [3.8, 4) is 0 Å². The molecule has 1 atom stereocenters. The number of aromatic nitrogens is 2. The maximum absolute atomic E-state index is 9.99. The van der Waals surface area contributed by atoms with Crippen molar-refractivity contribution in [1.82, 2.24) is 9.97 Å². The van der Waals surface area contributed by atoms with Crippen LogP contribution >= 0.6 is 0 Å². The highest BCUT2D eigenvalue weighted by Gasteiger charge is 2.12. The Kier molecular flexibility index (Phi) is 7.25. The Morgan fingerprint density at radius 2 is 1.81 bits per heavy atom. The maximum Gasteiger partial charge on any atom is 0.320 e. The van der Waals surface area contributed by atoms with Gasteiger partial charge < -0.3 is 15.9 Å². The highest BCUT2D eigenvalue weighted by Crippen LogP contribution is 1.93. The van der Waals surface area contributed by atoms with Gasteiger partial charge in [0.2, 0.25) is 0 Å². The summed E-state index contributed by atoms with van der Waals surface area (Å²) in [5.74, 6) is -2.20. The van der Waals surface area contributed by atoms with Crippen LogP contribution in [0.25, 0.3) is 0 Å². The van der Waals surface area contributed by atoms with Crippen molar-refractivity contribution in [3.05, 3.63) is 24.8 Å². The van der Waals surface area contributed by atoms with Crippen LogP contribution in [0.3, 0.4) is 0 Å². The molecule has 0 aromatic carbocycles. The normalized spacial score (nSPS) is 10.8. The molecule has 0 bridgehead atoms. The molecule has 0 saturated carbocycles. The van der Waals surface area contributed by atoms with Gasteiger partial charge in [-0.25, -0.2) is 9.97 Å². The molecule has 1 aromatic rings. The van der Waals surface area contributed by atoms with Crippen molar-refractivity contribution >= 4 is 11.9 Å². The van der Waals surface area contributed by atoms with Crippen molar-refractivity contribution < 1.29 is 19.8 Å². The zero-order valence-electron chi connectivity index (χ0n) is 8.48. The third-order valence-electron chi connectivity index (χ3n) is 1.46. The van der Waals surface area contributed by atoms with Crippen LogP contribution in [-0.4, -0.2) is 38.2 Å². The molecule has 4 N–H and O–H groups in total. The third-order valence-corrected chi connectivity index (χ3v) is 1.46. The van der Waals surface area contributed by atoms with Gasteiger partial charge in [-0.05, 0) is 12.5 Å². The van der Waals surface area contributed by atoms with E-state index in [1.54, 1.807) is 18.5 Å². The quantitative estimate of drug-likeness (QED) is 0.646. The summed E-state index contributed by atoms with van der Waals surface area (Å²) in [6.07, 6.45) is 4.65.